The highest BCUT2D eigenvalue weighted by Gasteiger charge is 2.28. The second-order valence-corrected chi connectivity index (χ2v) is 10.4. The highest BCUT2D eigenvalue weighted by atomic mass is 32.2. The molecule has 2 heterocycles. The molecule has 174 valence electrons. The van der Waals surface area contributed by atoms with E-state index in [2.05, 4.69) is 26.9 Å². The Bertz CT molecular complexity index is 1250. The number of anilines is 2. The molecule has 0 unspecified atom stereocenters. The minimum absolute atomic E-state index is 0.198. The van der Waals surface area contributed by atoms with Gasteiger partial charge in [-0.25, -0.2) is 18.2 Å². The van der Waals surface area contributed by atoms with Gasteiger partial charge in [-0.1, -0.05) is 32.6 Å². The first-order chi connectivity index (χ1) is 15.4. The second-order valence-electron chi connectivity index (χ2n) is 8.64. The average Bonchev–Trinajstić information content (AvgIpc) is 2.71. The fourth-order valence-electron chi connectivity index (χ4n) is 3.31. The van der Waals surface area contributed by atoms with Crippen molar-refractivity contribution >= 4 is 33.5 Å². The number of nitrogens with one attached hydrogen (secondary N) is 2. The lowest BCUT2D eigenvalue weighted by Gasteiger charge is -2.30. The zero-order valence-corrected chi connectivity index (χ0v) is 20.0. The summed E-state index contributed by atoms with van der Waals surface area (Å²) in [5.74, 6) is 6.58. The third kappa shape index (κ3) is 6.02. The quantitative estimate of drug-likeness (QED) is 0.664. The van der Waals surface area contributed by atoms with Gasteiger partial charge in [0.1, 0.15) is 11.6 Å². The highest BCUT2D eigenvalue weighted by Crippen LogP contribution is 2.38. The number of benzene rings is 1. The molecular weight excluding hydrogens is 444 g/mol. The van der Waals surface area contributed by atoms with Gasteiger partial charge >= 0.3 is 6.03 Å². The van der Waals surface area contributed by atoms with Crippen LogP contribution in [0.3, 0.4) is 0 Å². The Hall–Kier alpha value is -3.58. The van der Waals surface area contributed by atoms with Gasteiger partial charge in [-0.05, 0) is 29.7 Å². The molecule has 0 aliphatic carbocycles. The number of amides is 3. The number of rotatable bonds is 4. The van der Waals surface area contributed by atoms with Crippen LogP contribution < -0.4 is 19.7 Å². The molecule has 10 heteroatoms. The number of aromatic nitrogens is 1. The number of hydrogen-bond donors (Lipinski definition) is 2. The molecule has 0 atom stereocenters. The topological polar surface area (TPSA) is 118 Å². The fourth-order valence-corrected chi connectivity index (χ4v) is 3.81. The number of pyridine rings is 1. The summed E-state index contributed by atoms with van der Waals surface area (Å²) in [5.41, 5.74) is 2.31. The number of nitrogens with zero attached hydrogens (tertiary/aromatic N) is 2. The molecule has 3 rings (SSSR count). The van der Waals surface area contributed by atoms with Crippen molar-refractivity contribution in [1.29, 1.82) is 0 Å². The zero-order valence-electron chi connectivity index (χ0n) is 19.1. The maximum Gasteiger partial charge on any atom is 0.328 e. The van der Waals surface area contributed by atoms with Gasteiger partial charge in [0, 0.05) is 36.0 Å². The van der Waals surface area contributed by atoms with Crippen LogP contribution >= 0.6 is 0 Å². The molecule has 3 amide bonds. The van der Waals surface area contributed by atoms with E-state index in [-0.39, 0.29) is 30.1 Å². The summed E-state index contributed by atoms with van der Waals surface area (Å²) in [4.78, 5) is 29.5. The number of carbonyl (C=O) groups excluding carboxylic acids is 2. The summed E-state index contributed by atoms with van der Waals surface area (Å²) in [5, 5.41) is 2.34. The Morgan fingerprint density at radius 1 is 1.18 bits per heavy atom. The van der Waals surface area contributed by atoms with Crippen LogP contribution in [0.15, 0.2) is 30.5 Å². The van der Waals surface area contributed by atoms with Crippen LogP contribution in [-0.2, 0) is 20.2 Å². The molecule has 9 nitrogen and oxygen atoms in total. The van der Waals surface area contributed by atoms with Gasteiger partial charge < -0.3 is 4.74 Å². The van der Waals surface area contributed by atoms with E-state index in [1.165, 1.54) is 17.2 Å². The monoisotopic (exact) mass is 470 g/mol. The third-order valence-corrected chi connectivity index (χ3v) is 5.43. The molecule has 33 heavy (non-hydrogen) atoms. The molecule has 1 fully saturated rings. The Morgan fingerprint density at radius 3 is 2.45 bits per heavy atom. The van der Waals surface area contributed by atoms with E-state index in [0.29, 0.717) is 22.6 Å². The Balaban J connectivity index is 2.04. The van der Waals surface area contributed by atoms with E-state index in [1.807, 2.05) is 26.8 Å². The number of hydrogen-bond acceptors (Lipinski definition) is 6. The molecule has 1 saturated heterocycles. The first-order valence-electron chi connectivity index (χ1n) is 10.2. The number of imide groups is 1. The number of urea groups is 1. The Morgan fingerprint density at radius 2 is 1.91 bits per heavy atom. The first-order valence-corrected chi connectivity index (χ1v) is 12.1. The molecule has 1 aromatic heterocycles. The van der Waals surface area contributed by atoms with Gasteiger partial charge in [0.2, 0.25) is 15.9 Å². The van der Waals surface area contributed by atoms with E-state index in [4.69, 9.17) is 4.74 Å². The highest BCUT2D eigenvalue weighted by molar-refractivity contribution is 7.92. The summed E-state index contributed by atoms with van der Waals surface area (Å²) in [6.45, 7) is 6.36. The summed E-state index contributed by atoms with van der Waals surface area (Å²) in [6.07, 6.45) is 2.72. The number of ether oxygens (including phenoxy) is 1. The van der Waals surface area contributed by atoms with Crippen LogP contribution in [0, 0.1) is 11.8 Å². The minimum atomic E-state index is -3.42. The van der Waals surface area contributed by atoms with E-state index < -0.39 is 16.1 Å². The van der Waals surface area contributed by atoms with E-state index in [9.17, 15) is 18.0 Å². The van der Waals surface area contributed by atoms with Gasteiger partial charge in [-0.15, -0.1) is 0 Å². The Labute approximate surface area is 193 Å². The summed E-state index contributed by atoms with van der Waals surface area (Å²) >= 11 is 0. The predicted octanol–water partition coefficient (Wildman–Crippen LogP) is 2.61. The summed E-state index contributed by atoms with van der Waals surface area (Å²) in [6, 6.07) is 6.33. The number of sulfonamides is 1. The van der Waals surface area contributed by atoms with Gasteiger partial charge in [0.05, 0.1) is 18.9 Å². The van der Waals surface area contributed by atoms with Crippen molar-refractivity contribution in [2.75, 3.05) is 29.5 Å². The van der Waals surface area contributed by atoms with Crippen LogP contribution in [0.5, 0.6) is 5.75 Å². The standard InChI is InChI=1S/C23H26N4O5S/c1-23(2,3)18-13-17(27-11-10-20(28)25-22(27)29)12-16(21(18)32-4)8-6-15-7-9-19(24-14-15)26-33(5,30)31/h7,9,12-14H,10-11H2,1-5H3,(H,24,26)(H,25,28,29). The van der Waals surface area contributed by atoms with E-state index in [1.54, 1.807) is 19.2 Å². The number of methoxy groups -OCH3 is 1. The third-order valence-electron chi connectivity index (χ3n) is 4.85. The van der Waals surface area contributed by atoms with Crippen LogP contribution in [0.2, 0.25) is 0 Å². The van der Waals surface area contributed by atoms with Gasteiger partial charge in [-0.2, -0.15) is 0 Å². The van der Waals surface area contributed by atoms with Gasteiger partial charge in [0.15, 0.2) is 0 Å². The van der Waals surface area contributed by atoms with Crippen LogP contribution in [0.4, 0.5) is 16.3 Å². The molecule has 0 radical (unpaired) electrons. The van der Waals surface area contributed by atoms with Crippen molar-refractivity contribution < 1.29 is 22.7 Å². The van der Waals surface area contributed by atoms with Gasteiger partial charge in [-0.3, -0.25) is 19.7 Å². The minimum Gasteiger partial charge on any atom is -0.495 e. The number of carbonyl (C=O) groups is 2. The molecule has 2 aromatic rings. The summed E-state index contributed by atoms with van der Waals surface area (Å²) < 4.78 is 30.7. The van der Waals surface area contributed by atoms with Crippen molar-refractivity contribution in [1.82, 2.24) is 10.3 Å². The van der Waals surface area contributed by atoms with Crippen molar-refractivity contribution in [3.8, 4) is 17.6 Å². The van der Waals surface area contributed by atoms with E-state index >= 15 is 0 Å². The molecular formula is C23H26N4O5S. The van der Waals surface area contributed by atoms with Crippen molar-refractivity contribution in [3.63, 3.8) is 0 Å². The lowest BCUT2D eigenvalue weighted by Crippen LogP contribution is -2.49. The smallest absolute Gasteiger partial charge is 0.328 e. The second kappa shape index (κ2) is 9.11. The maximum atomic E-state index is 12.4. The van der Waals surface area contributed by atoms with Crippen LogP contribution in [-0.4, -0.2) is 45.3 Å². The predicted molar refractivity (Wildman–Crippen MR) is 126 cm³/mol. The largest absolute Gasteiger partial charge is 0.495 e. The molecule has 0 spiro atoms. The molecule has 2 N–H and O–H groups in total. The molecule has 1 aliphatic rings. The molecule has 0 bridgehead atoms. The van der Waals surface area contributed by atoms with Crippen LogP contribution in [0.25, 0.3) is 0 Å². The van der Waals surface area contributed by atoms with Crippen molar-refractivity contribution in [3.05, 3.63) is 47.2 Å². The normalized spacial score (nSPS) is 14.3. The van der Waals surface area contributed by atoms with Crippen LogP contribution in [0.1, 0.15) is 43.9 Å². The fraction of sp³-hybridized carbons (Fsp3) is 0.348. The summed E-state index contributed by atoms with van der Waals surface area (Å²) in [7, 11) is -1.86. The van der Waals surface area contributed by atoms with Crippen molar-refractivity contribution in [2.24, 2.45) is 0 Å². The van der Waals surface area contributed by atoms with Gasteiger partial charge in [0.25, 0.3) is 0 Å². The molecule has 0 saturated carbocycles. The molecule has 1 aromatic carbocycles. The average molecular weight is 471 g/mol. The first kappa shape index (κ1) is 24.1. The van der Waals surface area contributed by atoms with E-state index in [0.717, 1.165) is 11.8 Å². The SMILES string of the molecule is COc1c(C#Cc2ccc(NS(C)(=O)=O)nc2)cc(N2CCC(=O)NC2=O)cc1C(C)(C)C. The lowest BCUT2D eigenvalue weighted by molar-refractivity contribution is -0.120. The lowest BCUT2D eigenvalue weighted by atomic mass is 9.84. The molecule has 1 aliphatic heterocycles. The Kier molecular flexibility index (Phi) is 6.65. The van der Waals surface area contributed by atoms with Crippen molar-refractivity contribution in [2.45, 2.75) is 32.6 Å². The zero-order chi connectivity index (χ0) is 24.4. The maximum absolute atomic E-state index is 12.4.